The van der Waals surface area contributed by atoms with Gasteiger partial charge in [0, 0.05) is 19.3 Å². The van der Waals surface area contributed by atoms with Crippen LogP contribution < -0.4 is 19.9 Å². The number of anilines is 1. The number of ether oxygens (including phenoxy) is 2. The Morgan fingerprint density at radius 1 is 1.35 bits per heavy atom. The van der Waals surface area contributed by atoms with Gasteiger partial charge in [-0.25, -0.2) is 0 Å². The molecule has 0 atom stereocenters. The number of hydrogen-bond donors (Lipinski definition) is 4. The van der Waals surface area contributed by atoms with Crippen LogP contribution in [0.15, 0.2) is 24.3 Å². The van der Waals surface area contributed by atoms with Gasteiger partial charge in [0.15, 0.2) is 0 Å². The molecular formula is C11H18N4O4S. The number of nitrogens with two attached hydrogens (primary N) is 1. The SMILES string of the molecule is COCCNS(=O)(=O)Nc1ccc(OCC(=N)N)cc1. The van der Waals surface area contributed by atoms with Crippen molar-refractivity contribution in [3.05, 3.63) is 24.3 Å². The Morgan fingerprint density at radius 3 is 2.55 bits per heavy atom. The molecule has 0 aromatic heterocycles. The third-order valence-corrected chi connectivity index (χ3v) is 3.19. The van der Waals surface area contributed by atoms with Gasteiger partial charge in [-0.1, -0.05) is 0 Å². The maximum absolute atomic E-state index is 11.6. The third-order valence-electron chi connectivity index (χ3n) is 2.10. The van der Waals surface area contributed by atoms with E-state index in [0.717, 1.165) is 0 Å². The molecule has 8 nitrogen and oxygen atoms in total. The van der Waals surface area contributed by atoms with Gasteiger partial charge in [0.1, 0.15) is 18.2 Å². The third kappa shape index (κ3) is 6.36. The highest BCUT2D eigenvalue weighted by Gasteiger charge is 2.08. The monoisotopic (exact) mass is 302 g/mol. The minimum atomic E-state index is -3.62. The molecule has 5 N–H and O–H groups in total. The van der Waals surface area contributed by atoms with Crippen LogP contribution in [-0.2, 0) is 14.9 Å². The zero-order chi connectivity index (χ0) is 15.0. The maximum atomic E-state index is 11.6. The lowest BCUT2D eigenvalue weighted by Gasteiger charge is -2.10. The highest BCUT2D eigenvalue weighted by molar-refractivity contribution is 7.90. The van der Waals surface area contributed by atoms with Crippen LogP contribution in [0.25, 0.3) is 0 Å². The van der Waals surface area contributed by atoms with E-state index in [9.17, 15) is 8.42 Å². The van der Waals surface area contributed by atoms with Gasteiger partial charge in [-0.3, -0.25) is 10.1 Å². The van der Waals surface area contributed by atoms with Gasteiger partial charge in [0.05, 0.1) is 6.61 Å². The van der Waals surface area contributed by atoms with Crippen molar-refractivity contribution in [2.24, 2.45) is 5.73 Å². The summed E-state index contributed by atoms with van der Waals surface area (Å²) in [6.07, 6.45) is 0. The zero-order valence-electron chi connectivity index (χ0n) is 11.0. The van der Waals surface area contributed by atoms with E-state index in [4.69, 9.17) is 20.6 Å². The first-order valence-electron chi connectivity index (χ1n) is 5.75. The second kappa shape index (κ2) is 7.68. The minimum Gasteiger partial charge on any atom is -0.486 e. The molecule has 9 heteroatoms. The minimum absolute atomic E-state index is 0.0103. The molecule has 0 heterocycles. The Kier molecular flexibility index (Phi) is 6.22. The maximum Gasteiger partial charge on any atom is 0.299 e. The van der Waals surface area contributed by atoms with Gasteiger partial charge in [0.2, 0.25) is 0 Å². The number of benzene rings is 1. The summed E-state index contributed by atoms with van der Waals surface area (Å²) in [5.74, 6) is 0.410. The molecule has 1 rings (SSSR count). The molecule has 0 aliphatic rings. The van der Waals surface area contributed by atoms with Crippen LogP contribution in [0.5, 0.6) is 5.75 Å². The number of nitrogens with one attached hydrogen (secondary N) is 3. The fourth-order valence-electron chi connectivity index (χ4n) is 1.25. The second-order valence-electron chi connectivity index (χ2n) is 3.83. The van der Waals surface area contributed by atoms with Crippen LogP contribution in [0.4, 0.5) is 5.69 Å². The summed E-state index contributed by atoms with van der Waals surface area (Å²) in [4.78, 5) is 0. The molecule has 0 radical (unpaired) electrons. The van der Waals surface area contributed by atoms with Crippen molar-refractivity contribution >= 4 is 21.7 Å². The van der Waals surface area contributed by atoms with E-state index in [0.29, 0.717) is 18.0 Å². The first-order chi connectivity index (χ1) is 9.43. The average molecular weight is 302 g/mol. The van der Waals surface area contributed by atoms with Crippen molar-refractivity contribution in [2.45, 2.75) is 0 Å². The molecule has 1 aromatic carbocycles. The predicted octanol–water partition coefficient (Wildman–Crippen LogP) is -0.106. The first kappa shape index (κ1) is 16.2. The smallest absolute Gasteiger partial charge is 0.299 e. The van der Waals surface area contributed by atoms with E-state index in [1.165, 1.54) is 7.11 Å². The van der Waals surface area contributed by atoms with E-state index in [-0.39, 0.29) is 19.0 Å². The van der Waals surface area contributed by atoms with Crippen molar-refractivity contribution in [3.63, 3.8) is 0 Å². The van der Waals surface area contributed by atoms with Gasteiger partial charge >= 0.3 is 0 Å². The fraction of sp³-hybridized carbons (Fsp3) is 0.364. The number of methoxy groups -OCH3 is 1. The van der Waals surface area contributed by atoms with E-state index >= 15 is 0 Å². The Hall–Kier alpha value is -1.84. The van der Waals surface area contributed by atoms with Gasteiger partial charge in [-0.05, 0) is 24.3 Å². The summed E-state index contributed by atoms with van der Waals surface area (Å²) in [5.41, 5.74) is 5.55. The molecule has 0 aliphatic carbocycles. The standard InChI is InChI=1S/C11H18N4O4S/c1-18-7-6-14-20(16,17)15-9-2-4-10(5-3-9)19-8-11(12)13/h2-5,14-15H,6-8H2,1H3,(H3,12,13). The average Bonchev–Trinajstić information content (AvgIpc) is 2.37. The summed E-state index contributed by atoms with van der Waals surface area (Å²) in [6, 6.07) is 6.25. The molecule has 0 fully saturated rings. The van der Waals surface area contributed by atoms with Crippen LogP contribution in [0.1, 0.15) is 0 Å². The lowest BCUT2D eigenvalue weighted by molar-refractivity contribution is 0.204. The molecule has 0 saturated carbocycles. The second-order valence-corrected chi connectivity index (χ2v) is 5.33. The van der Waals surface area contributed by atoms with Gasteiger partial charge in [-0.15, -0.1) is 0 Å². The summed E-state index contributed by atoms with van der Waals surface area (Å²) >= 11 is 0. The molecule has 0 aliphatic heterocycles. The molecule has 112 valence electrons. The highest BCUT2D eigenvalue weighted by Crippen LogP contribution is 2.16. The van der Waals surface area contributed by atoms with E-state index in [1.54, 1.807) is 24.3 Å². The quantitative estimate of drug-likeness (QED) is 0.288. The Morgan fingerprint density at radius 2 is 2.00 bits per heavy atom. The van der Waals surface area contributed by atoms with E-state index in [2.05, 4.69) is 9.44 Å². The fourth-order valence-corrected chi connectivity index (χ4v) is 2.12. The van der Waals surface area contributed by atoms with Crippen molar-refractivity contribution in [2.75, 3.05) is 31.6 Å². The lowest BCUT2D eigenvalue weighted by atomic mass is 10.3. The molecule has 0 saturated heterocycles. The highest BCUT2D eigenvalue weighted by atomic mass is 32.2. The van der Waals surface area contributed by atoms with Gasteiger partial charge < -0.3 is 15.2 Å². The van der Waals surface area contributed by atoms with Gasteiger partial charge in [-0.2, -0.15) is 13.1 Å². The molecule has 0 amide bonds. The Balaban J connectivity index is 2.54. The summed E-state index contributed by atoms with van der Waals surface area (Å²) in [7, 11) is -2.13. The molecule has 0 bridgehead atoms. The Labute approximate surface area is 118 Å². The normalized spacial score (nSPS) is 11.1. The first-order valence-corrected chi connectivity index (χ1v) is 7.23. The predicted molar refractivity (Wildman–Crippen MR) is 76.3 cm³/mol. The van der Waals surface area contributed by atoms with Crippen LogP contribution >= 0.6 is 0 Å². The van der Waals surface area contributed by atoms with Crippen LogP contribution in [-0.4, -0.2) is 41.1 Å². The van der Waals surface area contributed by atoms with E-state index < -0.39 is 10.2 Å². The summed E-state index contributed by atoms with van der Waals surface area (Å²) in [5, 5.41) is 7.03. The molecule has 0 spiro atoms. The lowest BCUT2D eigenvalue weighted by Crippen LogP contribution is -2.32. The van der Waals surface area contributed by atoms with Crippen molar-refractivity contribution in [1.82, 2.24) is 4.72 Å². The Bertz CT molecular complexity index is 530. The van der Waals surface area contributed by atoms with Crippen molar-refractivity contribution in [3.8, 4) is 5.75 Å². The summed E-state index contributed by atoms with van der Waals surface area (Å²) < 4.78 is 37.8. The number of hydrogen-bond acceptors (Lipinski definition) is 5. The summed E-state index contributed by atoms with van der Waals surface area (Å²) in [6.45, 7) is 0.466. The van der Waals surface area contributed by atoms with Crippen LogP contribution in [0, 0.1) is 5.41 Å². The molecule has 1 aromatic rings. The van der Waals surface area contributed by atoms with Crippen LogP contribution in [0.2, 0.25) is 0 Å². The largest absolute Gasteiger partial charge is 0.486 e. The number of rotatable bonds is 9. The molecular weight excluding hydrogens is 284 g/mol. The molecule has 20 heavy (non-hydrogen) atoms. The van der Waals surface area contributed by atoms with Gasteiger partial charge in [0.25, 0.3) is 10.2 Å². The zero-order valence-corrected chi connectivity index (χ0v) is 11.9. The van der Waals surface area contributed by atoms with Crippen LogP contribution in [0.3, 0.4) is 0 Å². The number of amidine groups is 1. The topological polar surface area (TPSA) is 127 Å². The van der Waals surface area contributed by atoms with Crippen molar-refractivity contribution in [1.29, 1.82) is 5.41 Å². The van der Waals surface area contributed by atoms with E-state index in [1.807, 2.05) is 0 Å². The molecule has 0 unspecified atom stereocenters. The van der Waals surface area contributed by atoms with Crippen molar-refractivity contribution < 1.29 is 17.9 Å².